The highest BCUT2D eigenvalue weighted by atomic mass is 79.9. The Morgan fingerprint density at radius 2 is 2.14 bits per heavy atom. The predicted octanol–water partition coefficient (Wildman–Crippen LogP) is 2.75. The van der Waals surface area contributed by atoms with Crippen LogP contribution in [0.25, 0.3) is 0 Å². The first-order valence-electron chi connectivity index (χ1n) is 4.86. The van der Waals surface area contributed by atoms with E-state index in [9.17, 15) is 5.11 Å². The number of hydrogen-bond donors (Lipinski definition) is 2. The molecule has 2 nitrogen and oxygen atoms in total. The van der Waals surface area contributed by atoms with E-state index in [1.54, 1.807) is 6.07 Å². The molecule has 2 atom stereocenters. The highest BCUT2D eigenvalue weighted by molar-refractivity contribution is 9.10. The Labute approximate surface area is 92.5 Å². The molecular formula is C11H14BrNO. The van der Waals surface area contributed by atoms with Gasteiger partial charge in [-0.05, 0) is 38.0 Å². The number of aromatic hydroxyl groups is 1. The molecule has 0 radical (unpaired) electrons. The maximum atomic E-state index is 9.78. The molecule has 1 aliphatic rings. The number of phenols is 1. The molecule has 0 aliphatic carbocycles. The minimum Gasteiger partial charge on any atom is -0.508 e. The van der Waals surface area contributed by atoms with Crippen LogP contribution in [0.4, 0.5) is 0 Å². The standard InChI is InChI=1S/C11H14BrNO/c1-6-5-8-9(12)3-4-10(14)11(8)7(2)13-6/h3-4,6-7,13-14H,5H2,1-2H3/t6-,7-/m1/s1. The lowest BCUT2D eigenvalue weighted by Gasteiger charge is -2.30. The van der Waals surface area contributed by atoms with Gasteiger partial charge in [0.2, 0.25) is 0 Å². The van der Waals surface area contributed by atoms with Crippen LogP contribution in [-0.4, -0.2) is 11.1 Å². The second-order valence-corrected chi connectivity index (χ2v) is 4.81. The average Bonchev–Trinajstić information content (AvgIpc) is 2.10. The molecule has 1 aromatic rings. The van der Waals surface area contributed by atoms with Crippen LogP contribution < -0.4 is 5.32 Å². The van der Waals surface area contributed by atoms with Crippen LogP contribution in [0, 0.1) is 0 Å². The van der Waals surface area contributed by atoms with E-state index in [4.69, 9.17) is 0 Å². The van der Waals surface area contributed by atoms with Crippen molar-refractivity contribution in [2.24, 2.45) is 0 Å². The molecule has 1 aromatic carbocycles. The van der Waals surface area contributed by atoms with E-state index in [1.807, 2.05) is 6.07 Å². The molecule has 76 valence electrons. The summed E-state index contributed by atoms with van der Waals surface area (Å²) in [6, 6.07) is 4.36. The van der Waals surface area contributed by atoms with Crippen LogP contribution in [-0.2, 0) is 6.42 Å². The highest BCUT2D eigenvalue weighted by Crippen LogP contribution is 2.36. The number of benzene rings is 1. The molecular weight excluding hydrogens is 242 g/mol. The Hall–Kier alpha value is -0.540. The van der Waals surface area contributed by atoms with Gasteiger partial charge >= 0.3 is 0 Å². The van der Waals surface area contributed by atoms with Gasteiger partial charge in [-0.3, -0.25) is 0 Å². The molecule has 3 heteroatoms. The second kappa shape index (κ2) is 3.55. The summed E-state index contributed by atoms with van der Waals surface area (Å²) in [7, 11) is 0. The molecule has 1 aliphatic heterocycles. The van der Waals surface area contributed by atoms with Crippen molar-refractivity contribution in [2.45, 2.75) is 32.4 Å². The Morgan fingerprint density at radius 1 is 1.43 bits per heavy atom. The molecule has 2 N–H and O–H groups in total. The molecule has 1 heterocycles. The number of rotatable bonds is 0. The third kappa shape index (κ3) is 1.55. The molecule has 14 heavy (non-hydrogen) atoms. The molecule has 0 saturated carbocycles. The number of nitrogens with one attached hydrogen (secondary N) is 1. The summed E-state index contributed by atoms with van der Waals surface area (Å²) in [6.45, 7) is 4.25. The highest BCUT2D eigenvalue weighted by Gasteiger charge is 2.24. The van der Waals surface area contributed by atoms with E-state index < -0.39 is 0 Å². The van der Waals surface area contributed by atoms with Crippen molar-refractivity contribution in [3.05, 3.63) is 27.7 Å². The molecule has 0 fully saturated rings. The van der Waals surface area contributed by atoms with Gasteiger partial charge in [-0.25, -0.2) is 0 Å². The van der Waals surface area contributed by atoms with Crippen LogP contribution in [0.5, 0.6) is 5.75 Å². The zero-order valence-electron chi connectivity index (χ0n) is 8.34. The van der Waals surface area contributed by atoms with Gasteiger partial charge in [-0.15, -0.1) is 0 Å². The second-order valence-electron chi connectivity index (χ2n) is 3.95. The largest absolute Gasteiger partial charge is 0.508 e. The third-order valence-electron chi connectivity index (χ3n) is 2.75. The van der Waals surface area contributed by atoms with Gasteiger partial charge in [0, 0.05) is 22.1 Å². The number of halogens is 1. The van der Waals surface area contributed by atoms with E-state index in [1.165, 1.54) is 5.56 Å². The smallest absolute Gasteiger partial charge is 0.120 e. The predicted molar refractivity (Wildman–Crippen MR) is 60.5 cm³/mol. The zero-order chi connectivity index (χ0) is 10.3. The van der Waals surface area contributed by atoms with Gasteiger partial charge in [-0.2, -0.15) is 0 Å². The van der Waals surface area contributed by atoms with Gasteiger partial charge in [0.15, 0.2) is 0 Å². The summed E-state index contributed by atoms with van der Waals surface area (Å²) >= 11 is 3.53. The monoisotopic (exact) mass is 255 g/mol. The normalized spacial score (nSPS) is 25.9. The number of hydrogen-bond acceptors (Lipinski definition) is 2. The lowest BCUT2D eigenvalue weighted by molar-refractivity contribution is 0.408. The van der Waals surface area contributed by atoms with Crippen molar-refractivity contribution in [3.63, 3.8) is 0 Å². The number of phenolic OH excluding ortho intramolecular Hbond substituents is 1. The van der Waals surface area contributed by atoms with E-state index >= 15 is 0 Å². The molecule has 0 spiro atoms. The van der Waals surface area contributed by atoms with Crippen molar-refractivity contribution in [2.75, 3.05) is 0 Å². The first-order valence-corrected chi connectivity index (χ1v) is 5.65. The van der Waals surface area contributed by atoms with E-state index in [0.29, 0.717) is 11.8 Å². The number of fused-ring (bicyclic) bond motifs is 1. The fourth-order valence-corrected chi connectivity index (χ4v) is 2.70. The van der Waals surface area contributed by atoms with Crippen molar-refractivity contribution < 1.29 is 5.11 Å². The van der Waals surface area contributed by atoms with Crippen LogP contribution in [0.3, 0.4) is 0 Å². The minimum absolute atomic E-state index is 0.228. The van der Waals surface area contributed by atoms with Gasteiger partial charge in [-0.1, -0.05) is 15.9 Å². The fourth-order valence-electron chi connectivity index (χ4n) is 2.19. The van der Waals surface area contributed by atoms with Crippen molar-refractivity contribution in [1.82, 2.24) is 5.32 Å². The Morgan fingerprint density at radius 3 is 2.86 bits per heavy atom. The maximum absolute atomic E-state index is 9.78. The van der Waals surface area contributed by atoms with Crippen molar-refractivity contribution in [1.29, 1.82) is 0 Å². The van der Waals surface area contributed by atoms with Gasteiger partial charge in [0.05, 0.1) is 0 Å². The molecule has 0 amide bonds. The Balaban J connectivity index is 2.57. The summed E-state index contributed by atoms with van der Waals surface area (Å²) in [5.41, 5.74) is 2.28. The quantitative estimate of drug-likeness (QED) is 0.748. The molecule has 0 bridgehead atoms. The topological polar surface area (TPSA) is 32.3 Å². The zero-order valence-corrected chi connectivity index (χ0v) is 9.93. The maximum Gasteiger partial charge on any atom is 0.120 e. The van der Waals surface area contributed by atoms with E-state index in [-0.39, 0.29) is 6.04 Å². The summed E-state index contributed by atoms with van der Waals surface area (Å²) in [5.74, 6) is 0.398. The van der Waals surface area contributed by atoms with Crippen molar-refractivity contribution in [3.8, 4) is 5.75 Å². The van der Waals surface area contributed by atoms with Gasteiger partial charge in [0.25, 0.3) is 0 Å². The first kappa shape index (κ1) is 9.99. The fraction of sp³-hybridized carbons (Fsp3) is 0.455. The molecule has 0 aromatic heterocycles. The summed E-state index contributed by atoms with van der Waals surface area (Å²) < 4.78 is 1.10. The lowest BCUT2D eigenvalue weighted by Crippen LogP contribution is -2.36. The summed E-state index contributed by atoms with van der Waals surface area (Å²) in [6.07, 6.45) is 0.967. The molecule has 0 unspecified atom stereocenters. The van der Waals surface area contributed by atoms with Gasteiger partial charge in [0.1, 0.15) is 5.75 Å². The van der Waals surface area contributed by atoms with Gasteiger partial charge < -0.3 is 10.4 Å². The van der Waals surface area contributed by atoms with Crippen LogP contribution in [0.15, 0.2) is 16.6 Å². The Bertz CT molecular complexity index is 365. The molecule has 0 saturated heterocycles. The van der Waals surface area contributed by atoms with Crippen molar-refractivity contribution >= 4 is 15.9 Å². The first-order chi connectivity index (χ1) is 6.59. The van der Waals surface area contributed by atoms with Crippen LogP contribution >= 0.6 is 15.9 Å². The van der Waals surface area contributed by atoms with Crippen LogP contribution in [0.2, 0.25) is 0 Å². The van der Waals surface area contributed by atoms with Crippen LogP contribution in [0.1, 0.15) is 31.0 Å². The lowest BCUT2D eigenvalue weighted by atomic mass is 9.91. The Kier molecular flexibility index (Phi) is 2.54. The van der Waals surface area contributed by atoms with E-state index in [0.717, 1.165) is 16.5 Å². The van der Waals surface area contributed by atoms with E-state index in [2.05, 4.69) is 35.1 Å². The molecule has 2 rings (SSSR count). The SMILES string of the molecule is C[C@@H]1Cc2c(Br)ccc(O)c2[C@@H](C)N1. The third-order valence-corrected chi connectivity index (χ3v) is 3.50. The average molecular weight is 256 g/mol. The summed E-state index contributed by atoms with van der Waals surface area (Å²) in [4.78, 5) is 0. The summed E-state index contributed by atoms with van der Waals surface area (Å²) in [5, 5.41) is 13.2. The minimum atomic E-state index is 0.228.